The fourth-order valence-corrected chi connectivity index (χ4v) is 0.932. The second kappa shape index (κ2) is 6.33. The third kappa shape index (κ3) is 5.50. The molecule has 0 aromatic rings. The Morgan fingerprint density at radius 2 is 2.07 bits per heavy atom. The lowest BCUT2D eigenvalue weighted by Gasteiger charge is -2.13. The fourth-order valence-electron chi connectivity index (χ4n) is 0.932. The molecule has 6 nitrogen and oxygen atoms in total. The normalized spacial score (nSPS) is 14.5. The second-order valence-corrected chi connectivity index (χ2v) is 3.15. The van der Waals surface area contributed by atoms with Gasteiger partial charge in [0.1, 0.15) is 6.04 Å². The summed E-state index contributed by atoms with van der Waals surface area (Å²) in [5.41, 5.74) is 5.36. The molecule has 2 atom stereocenters. The lowest BCUT2D eigenvalue weighted by Crippen LogP contribution is -2.42. The van der Waals surface area contributed by atoms with Crippen LogP contribution in [0.1, 0.15) is 19.8 Å². The maximum Gasteiger partial charge on any atom is 0.326 e. The molecule has 5 N–H and O–H groups in total. The number of aliphatic hydroxyl groups is 1. The van der Waals surface area contributed by atoms with Crippen molar-refractivity contribution in [1.82, 2.24) is 5.32 Å². The Kier molecular flexibility index (Phi) is 5.82. The predicted octanol–water partition coefficient (Wildman–Crippen LogP) is -1.32. The van der Waals surface area contributed by atoms with Crippen LogP contribution in [0.2, 0.25) is 0 Å². The van der Waals surface area contributed by atoms with E-state index in [4.69, 9.17) is 15.9 Å². The fraction of sp³-hybridized carbons (Fsp3) is 0.750. The zero-order valence-corrected chi connectivity index (χ0v) is 8.06. The lowest BCUT2D eigenvalue weighted by molar-refractivity contribution is -0.142. The van der Waals surface area contributed by atoms with Gasteiger partial charge in [-0.1, -0.05) is 0 Å². The van der Waals surface area contributed by atoms with Gasteiger partial charge in [0, 0.05) is 25.5 Å². The van der Waals surface area contributed by atoms with Crippen molar-refractivity contribution in [2.45, 2.75) is 31.8 Å². The third-order valence-corrected chi connectivity index (χ3v) is 1.56. The molecule has 0 spiro atoms. The molecule has 0 aromatic heterocycles. The first-order valence-corrected chi connectivity index (χ1v) is 4.36. The standard InChI is InChI=1S/C8H16N2O4/c1-5(9)4-7(12)10-6(2-3-11)8(13)14/h5-6,11H,2-4,9H2,1H3,(H,10,12)(H,13,14)/t5?,6-/m1/s1. The smallest absolute Gasteiger partial charge is 0.326 e. The van der Waals surface area contributed by atoms with Crippen LogP contribution in [0.5, 0.6) is 0 Å². The summed E-state index contributed by atoms with van der Waals surface area (Å²) in [6, 6.07) is -1.34. The minimum absolute atomic E-state index is 0.0000255. The van der Waals surface area contributed by atoms with Crippen molar-refractivity contribution in [2.75, 3.05) is 6.61 Å². The van der Waals surface area contributed by atoms with Gasteiger partial charge in [0.25, 0.3) is 0 Å². The van der Waals surface area contributed by atoms with Gasteiger partial charge in [-0.15, -0.1) is 0 Å². The summed E-state index contributed by atoms with van der Waals surface area (Å²) in [5, 5.41) is 19.4. The number of carboxylic acids is 1. The number of aliphatic hydroxyl groups excluding tert-OH is 1. The van der Waals surface area contributed by atoms with Crippen molar-refractivity contribution in [1.29, 1.82) is 0 Å². The van der Waals surface area contributed by atoms with Gasteiger partial charge in [-0.25, -0.2) is 4.79 Å². The Morgan fingerprint density at radius 1 is 1.50 bits per heavy atom. The molecule has 0 aliphatic heterocycles. The van der Waals surface area contributed by atoms with Crippen molar-refractivity contribution >= 4 is 11.9 Å². The number of aliphatic carboxylic acids is 1. The Bertz CT molecular complexity index is 206. The van der Waals surface area contributed by atoms with Gasteiger partial charge in [-0.05, 0) is 6.92 Å². The van der Waals surface area contributed by atoms with E-state index in [2.05, 4.69) is 5.32 Å². The lowest BCUT2D eigenvalue weighted by atomic mass is 10.2. The number of nitrogens with two attached hydrogens (primary N) is 1. The summed E-state index contributed by atoms with van der Waals surface area (Å²) < 4.78 is 0. The molecule has 0 radical (unpaired) electrons. The van der Waals surface area contributed by atoms with Crippen LogP contribution in [0.25, 0.3) is 0 Å². The quantitative estimate of drug-likeness (QED) is 0.428. The highest BCUT2D eigenvalue weighted by Gasteiger charge is 2.19. The van der Waals surface area contributed by atoms with Crippen LogP contribution in [0.3, 0.4) is 0 Å². The average molecular weight is 204 g/mol. The summed E-state index contributed by atoms with van der Waals surface area (Å²) in [4.78, 5) is 21.7. The summed E-state index contributed by atoms with van der Waals surface area (Å²) in [7, 11) is 0. The topological polar surface area (TPSA) is 113 Å². The number of amides is 1. The van der Waals surface area contributed by atoms with E-state index >= 15 is 0 Å². The summed E-state index contributed by atoms with van der Waals surface area (Å²) >= 11 is 0. The summed E-state index contributed by atoms with van der Waals surface area (Å²) in [6.45, 7) is 1.37. The monoisotopic (exact) mass is 204 g/mol. The van der Waals surface area contributed by atoms with E-state index in [-0.39, 0.29) is 25.5 Å². The molecule has 1 amide bonds. The number of hydrogen-bond acceptors (Lipinski definition) is 4. The van der Waals surface area contributed by atoms with Crippen molar-refractivity contribution in [3.63, 3.8) is 0 Å². The molecule has 6 heteroatoms. The zero-order valence-electron chi connectivity index (χ0n) is 8.06. The molecule has 0 fully saturated rings. The predicted molar refractivity (Wildman–Crippen MR) is 49.5 cm³/mol. The summed E-state index contributed by atoms with van der Waals surface area (Å²) in [6.07, 6.45) is 0.0786. The van der Waals surface area contributed by atoms with E-state index in [0.717, 1.165) is 0 Å². The molecule has 1 unspecified atom stereocenters. The highest BCUT2D eigenvalue weighted by Crippen LogP contribution is 1.94. The van der Waals surface area contributed by atoms with Crippen molar-refractivity contribution in [2.24, 2.45) is 5.73 Å². The third-order valence-electron chi connectivity index (χ3n) is 1.56. The van der Waals surface area contributed by atoms with Crippen LogP contribution in [0.4, 0.5) is 0 Å². The first-order chi connectivity index (χ1) is 6.47. The van der Waals surface area contributed by atoms with Gasteiger partial charge >= 0.3 is 5.97 Å². The van der Waals surface area contributed by atoms with Crippen molar-refractivity contribution in [3.05, 3.63) is 0 Å². The molecule has 0 aromatic carbocycles. The Morgan fingerprint density at radius 3 is 2.43 bits per heavy atom. The van der Waals surface area contributed by atoms with Crippen LogP contribution < -0.4 is 11.1 Å². The minimum atomic E-state index is -1.16. The van der Waals surface area contributed by atoms with Gasteiger partial charge in [-0.2, -0.15) is 0 Å². The van der Waals surface area contributed by atoms with Crippen LogP contribution in [0, 0.1) is 0 Å². The molecule has 0 bridgehead atoms. The average Bonchev–Trinajstić information content (AvgIpc) is 2.01. The Labute approximate surface area is 82.1 Å². The van der Waals surface area contributed by atoms with Gasteiger partial charge in [0.15, 0.2) is 0 Å². The highest BCUT2D eigenvalue weighted by molar-refractivity contribution is 5.83. The maximum absolute atomic E-state index is 11.1. The zero-order chi connectivity index (χ0) is 11.1. The van der Waals surface area contributed by atoms with Crippen molar-refractivity contribution < 1.29 is 19.8 Å². The van der Waals surface area contributed by atoms with Crippen LogP contribution in [0.15, 0.2) is 0 Å². The van der Waals surface area contributed by atoms with E-state index < -0.39 is 17.9 Å². The van der Waals surface area contributed by atoms with E-state index in [9.17, 15) is 9.59 Å². The van der Waals surface area contributed by atoms with E-state index in [0.29, 0.717) is 0 Å². The molecule has 0 heterocycles. The van der Waals surface area contributed by atoms with Gasteiger partial charge in [0.2, 0.25) is 5.91 Å². The minimum Gasteiger partial charge on any atom is -0.480 e. The van der Waals surface area contributed by atoms with Crippen LogP contribution >= 0.6 is 0 Å². The molecule has 0 saturated heterocycles. The molecular weight excluding hydrogens is 188 g/mol. The van der Waals surface area contributed by atoms with Gasteiger partial charge in [-0.3, -0.25) is 4.79 Å². The second-order valence-electron chi connectivity index (χ2n) is 3.15. The molecule has 0 rings (SSSR count). The summed E-state index contributed by atoms with van der Waals surface area (Å²) in [5.74, 6) is -1.57. The largest absolute Gasteiger partial charge is 0.480 e. The van der Waals surface area contributed by atoms with E-state index in [1.54, 1.807) is 6.92 Å². The first-order valence-electron chi connectivity index (χ1n) is 4.36. The van der Waals surface area contributed by atoms with E-state index in [1.807, 2.05) is 0 Å². The maximum atomic E-state index is 11.1. The number of rotatable bonds is 6. The van der Waals surface area contributed by atoms with Gasteiger partial charge < -0.3 is 21.3 Å². The van der Waals surface area contributed by atoms with Crippen LogP contribution in [-0.4, -0.2) is 40.8 Å². The Balaban J connectivity index is 4.02. The number of carbonyl (C=O) groups excluding carboxylic acids is 1. The van der Waals surface area contributed by atoms with E-state index in [1.165, 1.54) is 0 Å². The molecular formula is C8H16N2O4. The number of carbonyl (C=O) groups is 2. The SMILES string of the molecule is CC(N)CC(=O)N[C@H](CCO)C(=O)O. The van der Waals surface area contributed by atoms with Gasteiger partial charge in [0.05, 0.1) is 0 Å². The van der Waals surface area contributed by atoms with Crippen molar-refractivity contribution in [3.8, 4) is 0 Å². The number of carboxylic acid groups (broad SMARTS) is 1. The number of hydrogen-bond donors (Lipinski definition) is 4. The first kappa shape index (κ1) is 12.9. The Hall–Kier alpha value is -1.14. The highest BCUT2D eigenvalue weighted by atomic mass is 16.4. The van der Waals surface area contributed by atoms with Crippen LogP contribution in [-0.2, 0) is 9.59 Å². The molecule has 14 heavy (non-hydrogen) atoms. The molecule has 0 saturated carbocycles. The molecule has 82 valence electrons. The molecule has 0 aliphatic carbocycles. The molecule has 0 aliphatic rings. The number of nitrogens with one attached hydrogen (secondary N) is 1.